The summed E-state index contributed by atoms with van der Waals surface area (Å²) in [5, 5.41) is 11.3. The van der Waals surface area contributed by atoms with Crippen LogP contribution in [0.5, 0.6) is 0 Å². The van der Waals surface area contributed by atoms with E-state index < -0.39 is 0 Å². The van der Waals surface area contributed by atoms with Crippen LogP contribution in [0.4, 0.5) is 5.69 Å². The number of nitrogens with zero attached hydrogens (tertiary/aromatic N) is 3. The summed E-state index contributed by atoms with van der Waals surface area (Å²) >= 11 is 0. The van der Waals surface area contributed by atoms with Crippen molar-refractivity contribution in [2.24, 2.45) is 0 Å². The molecule has 0 amide bonds. The average Bonchev–Trinajstić information content (AvgIpc) is 2.85. The van der Waals surface area contributed by atoms with Gasteiger partial charge in [0.1, 0.15) is 12.7 Å². The minimum Gasteiger partial charge on any atom is -0.381 e. The Kier molecular flexibility index (Phi) is 3.74. The first-order valence-corrected chi connectivity index (χ1v) is 6.85. The van der Waals surface area contributed by atoms with E-state index in [1.807, 2.05) is 6.07 Å². The lowest BCUT2D eigenvalue weighted by atomic mass is 10.1. The second kappa shape index (κ2) is 5.84. The number of aromatic nitrogens is 3. The Hall–Kier alpha value is -1.88. The third kappa shape index (κ3) is 2.93. The van der Waals surface area contributed by atoms with E-state index >= 15 is 0 Å². The second-order valence-electron chi connectivity index (χ2n) is 4.88. The van der Waals surface area contributed by atoms with Crippen molar-refractivity contribution in [1.29, 1.82) is 0 Å². The van der Waals surface area contributed by atoms with Gasteiger partial charge in [-0.1, -0.05) is 12.1 Å². The van der Waals surface area contributed by atoms with Gasteiger partial charge in [0.05, 0.1) is 11.4 Å². The summed E-state index contributed by atoms with van der Waals surface area (Å²) in [6.45, 7) is 2.21. The van der Waals surface area contributed by atoms with Gasteiger partial charge >= 0.3 is 0 Å². The molecular formula is C14H19N5. The fourth-order valence-electron chi connectivity index (χ4n) is 2.51. The van der Waals surface area contributed by atoms with Crippen LogP contribution in [0.25, 0.3) is 5.69 Å². The Bertz CT molecular complexity index is 500. The number of rotatable bonds is 3. The molecule has 1 unspecified atom stereocenters. The zero-order valence-corrected chi connectivity index (χ0v) is 10.9. The molecule has 19 heavy (non-hydrogen) atoms. The Labute approximate surface area is 113 Å². The molecule has 0 radical (unpaired) electrons. The molecule has 100 valence electrons. The molecule has 0 spiro atoms. The SMILES string of the molecule is c1ccc(-n2cncn2)c(NC2CCCNCC2)c1. The molecule has 5 heteroatoms. The lowest BCUT2D eigenvalue weighted by molar-refractivity contribution is 0.636. The topological polar surface area (TPSA) is 54.8 Å². The van der Waals surface area contributed by atoms with Crippen LogP contribution in [0.2, 0.25) is 0 Å². The van der Waals surface area contributed by atoms with Crippen LogP contribution in [0.1, 0.15) is 19.3 Å². The summed E-state index contributed by atoms with van der Waals surface area (Å²) in [6, 6.07) is 8.77. The van der Waals surface area contributed by atoms with Crippen LogP contribution in [-0.4, -0.2) is 33.9 Å². The Balaban J connectivity index is 1.80. The standard InChI is InChI=1S/C14H19N5/c1-2-6-14(19-11-16-10-17-19)13(5-1)18-12-4-3-8-15-9-7-12/h1-2,5-6,10-12,15,18H,3-4,7-9H2. The normalized spacial score (nSPS) is 19.9. The first-order chi connectivity index (χ1) is 9.43. The molecule has 3 rings (SSSR count). The van der Waals surface area contributed by atoms with E-state index in [9.17, 15) is 0 Å². The van der Waals surface area contributed by atoms with Gasteiger partial charge in [0.2, 0.25) is 0 Å². The summed E-state index contributed by atoms with van der Waals surface area (Å²) < 4.78 is 1.80. The van der Waals surface area contributed by atoms with E-state index in [-0.39, 0.29) is 0 Å². The minimum atomic E-state index is 0.527. The molecule has 1 aromatic carbocycles. The Morgan fingerprint density at radius 3 is 3.05 bits per heavy atom. The van der Waals surface area contributed by atoms with Crippen LogP contribution < -0.4 is 10.6 Å². The highest BCUT2D eigenvalue weighted by Crippen LogP contribution is 2.21. The van der Waals surface area contributed by atoms with Gasteiger partial charge < -0.3 is 10.6 Å². The van der Waals surface area contributed by atoms with Gasteiger partial charge in [-0.25, -0.2) is 9.67 Å². The maximum Gasteiger partial charge on any atom is 0.138 e. The third-order valence-electron chi connectivity index (χ3n) is 3.50. The largest absolute Gasteiger partial charge is 0.381 e. The van der Waals surface area contributed by atoms with Crippen LogP contribution in [0.3, 0.4) is 0 Å². The maximum atomic E-state index is 4.21. The van der Waals surface area contributed by atoms with Crippen molar-refractivity contribution in [3.05, 3.63) is 36.9 Å². The molecule has 0 aliphatic carbocycles. The summed E-state index contributed by atoms with van der Waals surface area (Å²) in [4.78, 5) is 4.02. The van der Waals surface area contributed by atoms with Crippen molar-refractivity contribution in [3.63, 3.8) is 0 Å². The third-order valence-corrected chi connectivity index (χ3v) is 3.50. The molecule has 0 saturated carbocycles. The highest BCUT2D eigenvalue weighted by molar-refractivity contribution is 5.60. The number of anilines is 1. The van der Waals surface area contributed by atoms with Crippen LogP contribution >= 0.6 is 0 Å². The maximum absolute atomic E-state index is 4.21. The number of benzene rings is 1. The Morgan fingerprint density at radius 2 is 2.16 bits per heavy atom. The van der Waals surface area contributed by atoms with E-state index in [2.05, 4.69) is 38.9 Å². The van der Waals surface area contributed by atoms with Gasteiger partial charge in [-0.3, -0.25) is 0 Å². The van der Waals surface area contributed by atoms with Gasteiger partial charge in [-0.2, -0.15) is 5.10 Å². The molecule has 1 fully saturated rings. The van der Waals surface area contributed by atoms with Gasteiger partial charge in [0.25, 0.3) is 0 Å². The smallest absolute Gasteiger partial charge is 0.138 e. The van der Waals surface area contributed by atoms with Crippen molar-refractivity contribution < 1.29 is 0 Å². The summed E-state index contributed by atoms with van der Waals surface area (Å²) in [5.74, 6) is 0. The predicted molar refractivity (Wildman–Crippen MR) is 75.5 cm³/mol. The van der Waals surface area contributed by atoms with Gasteiger partial charge in [-0.05, 0) is 44.5 Å². The predicted octanol–water partition coefficient (Wildman–Crippen LogP) is 1.82. The van der Waals surface area contributed by atoms with Gasteiger partial charge in [0, 0.05) is 6.04 Å². The van der Waals surface area contributed by atoms with Crippen molar-refractivity contribution in [3.8, 4) is 5.69 Å². The molecule has 2 aromatic rings. The first kappa shape index (κ1) is 12.2. The molecule has 2 N–H and O–H groups in total. The van der Waals surface area contributed by atoms with Crippen molar-refractivity contribution in [2.75, 3.05) is 18.4 Å². The zero-order valence-electron chi connectivity index (χ0n) is 10.9. The number of para-hydroxylation sites is 2. The van der Waals surface area contributed by atoms with E-state index in [4.69, 9.17) is 0 Å². The summed E-state index contributed by atoms with van der Waals surface area (Å²) in [7, 11) is 0. The molecular weight excluding hydrogens is 238 g/mol. The van der Waals surface area contributed by atoms with Crippen LogP contribution in [-0.2, 0) is 0 Å². The van der Waals surface area contributed by atoms with Gasteiger partial charge in [-0.15, -0.1) is 0 Å². The fraction of sp³-hybridized carbons (Fsp3) is 0.429. The van der Waals surface area contributed by atoms with Crippen molar-refractivity contribution >= 4 is 5.69 Å². The fourth-order valence-corrected chi connectivity index (χ4v) is 2.51. The molecule has 1 atom stereocenters. The van der Waals surface area contributed by atoms with Crippen LogP contribution in [0.15, 0.2) is 36.9 Å². The average molecular weight is 257 g/mol. The number of nitrogens with one attached hydrogen (secondary N) is 2. The van der Waals surface area contributed by atoms with E-state index in [0.717, 1.165) is 30.9 Å². The first-order valence-electron chi connectivity index (χ1n) is 6.85. The molecule has 1 aliphatic heterocycles. The zero-order chi connectivity index (χ0) is 12.9. The quantitative estimate of drug-likeness (QED) is 0.880. The minimum absolute atomic E-state index is 0.527. The Morgan fingerprint density at radius 1 is 1.21 bits per heavy atom. The number of hydrogen-bond acceptors (Lipinski definition) is 4. The lowest BCUT2D eigenvalue weighted by Gasteiger charge is -2.19. The monoisotopic (exact) mass is 257 g/mol. The lowest BCUT2D eigenvalue weighted by Crippen LogP contribution is -2.22. The van der Waals surface area contributed by atoms with Gasteiger partial charge in [0.15, 0.2) is 0 Å². The van der Waals surface area contributed by atoms with Crippen molar-refractivity contribution in [1.82, 2.24) is 20.1 Å². The summed E-state index contributed by atoms with van der Waals surface area (Å²) in [5.41, 5.74) is 2.18. The highest BCUT2D eigenvalue weighted by atomic mass is 15.3. The number of hydrogen-bond donors (Lipinski definition) is 2. The molecule has 2 heterocycles. The van der Waals surface area contributed by atoms with E-state index in [1.54, 1.807) is 17.3 Å². The molecule has 1 saturated heterocycles. The summed E-state index contributed by atoms with van der Waals surface area (Å²) in [6.07, 6.45) is 6.88. The highest BCUT2D eigenvalue weighted by Gasteiger charge is 2.13. The molecule has 5 nitrogen and oxygen atoms in total. The van der Waals surface area contributed by atoms with Crippen LogP contribution in [0, 0.1) is 0 Å². The van der Waals surface area contributed by atoms with E-state index in [1.165, 1.54) is 12.8 Å². The second-order valence-corrected chi connectivity index (χ2v) is 4.88. The molecule has 1 aliphatic rings. The molecule has 1 aromatic heterocycles. The molecule has 0 bridgehead atoms. The van der Waals surface area contributed by atoms with E-state index in [0.29, 0.717) is 6.04 Å². The van der Waals surface area contributed by atoms with Crippen molar-refractivity contribution in [2.45, 2.75) is 25.3 Å².